The van der Waals surface area contributed by atoms with Crippen molar-refractivity contribution in [3.63, 3.8) is 0 Å². The number of carbonyl (C=O) groups is 4. The predicted octanol–water partition coefficient (Wildman–Crippen LogP) is 15.7. The van der Waals surface area contributed by atoms with Crippen molar-refractivity contribution < 1.29 is 43.2 Å². The lowest BCUT2D eigenvalue weighted by Crippen LogP contribution is -2.28. The Morgan fingerprint density at radius 2 is 0.547 bits per heavy atom. The average Bonchev–Trinajstić information content (AvgIpc) is 3.28. The molecule has 0 rings (SSSR count). The molecule has 9 heteroatoms. The van der Waals surface area contributed by atoms with E-state index in [0.29, 0.717) is 25.7 Å². The SMILES string of the molecule is CCCCCCCCC(CCCCCCCC)OC(=O)CCCCCCCCC(=O)O[C@H](CO)COC(=O)CCCCCCC(=O)OC(CCCCCCCC)CCCCCCCC. The molecule has 1 atom stereocenters. The Kier molecular flexibility index (Phi) is 47.1. The summed E-state index contributed by atoms with van der Waals surface area (Å²) in [4.78, 5) is 50.1. The standard InChI is InChI=1S/C55H104O9/c1-5-9-13-17-23-31-39-49(40-32-24-18-14-10-6-2)62-53(58)44-36-27-21-22-28-37-46-55(60)64-51(47-56)48-61-52(57)43-35-29-30-38-45-54(59)63-50(41-33-25-19-15-11-7-3)42-34-26-20-16-12-8-4/h49-51,56H,5-48H2,1-4H3/t51-/m1/s1. The summed E-state index contributed by atoms with van der Waals surface area (Å²) < 4.78 is 22.6. The molecular formula is C55H104O9. The van der Waals surface area contributed by atoms with Crippen molar-refractivity contribution in [3.05, 3.63) is 0 Å². The van der Waals surface area contributed by atoms with Crippen molar-refractivity contribution in [1.29, 1.82) is 0 Å². The first-order valence-electron chi connectivity index (χ1n) is 27.6. The van der Waals surface area contributed by atoms with E-state index in [1.54, 1.807) is 0 Å². The largest absolute Gasteiger partial charge is 0.462 e. The van der Waals surface area contributed by atoms with E-state index in [4.69, 9.17) is 18.9 Å². The minimum Gasteiger partial charge on any atom is -0.462 e. The number of aliphatic hydroxyl groups is 1. The van der Waals surface area contributed by atoms with Crippen molar-refractivity contribution in [2.24, 2.45) is 0 Å². The Hall–Kier alpha value is -2.16. The fraction of sp³-hybridized carbons (Fsp3) is 0.927. The molecule has 0 aliphatic carbocycles. The summed E-state index contributed by atoms with van der Waals surface area (Å²) in [6, 6.07) is 0. The highest BCUT2D eigenvalue weighted by Crippen LogP contribution is 2.20. The van der Waals surface area contributed by atoms with Crippen LogP contribution in [0.25, 0.3) is 0 Å². The molecule has 0 spiro atoms. The lowest BCUT2D eigenvalue weighted by atomic mass is 10.0. The van der Waals surface area contributed by atoms with E-state index in [1.807, 2.05) is 0 Å². The number of esters is 4. The van der Waals surface area contributed by atoms with Crippen LogP contribution in [0, 0.1) is 0 Å². The van der Waals surface area contributed by atoms with Crippen molar-refractivity contribution in [2.75, 3.05) is 13.2 Å². The Bertz CT molecular complexity index is 1020. The smallest absolute Gasteiger partial charge is 0.306 e. The summed E-state index contributed by atoms with van der Waals surface area (Å²) in [7, 11) is 0. The molecule has 0 saturated heterocycles. The van der Waals surface area contributed by atoms with E-state index in [2.05, 4.69) is 27.7 Å². The molecule has 0 aromatic heterocycles. The predicted molar refractivity (Wildman–Crippen MR) is 264 cm³/mol. The Labute approximate surface area is 394 Å². The van der Waals surface area contributed by atoms with Crippen LogP contribution in [0.5, 0.6) is 0 Å². The van der Waals surface area contributed by atoms with E-state index < -0.39 is 18.7 Å². The lowest BCUT2D eigenvalue weighted by Gasteiger charge is -2.18. The van der Waals surface area contributed by atoms with Crippen LogP contribution in [0.3, 0.4) is 0 Å². The Balaban J connectivity index is 4.16. The zero-order chi connectivity index (χ0) is 47.0. The summed E-state index contributed by atoms with van der Waals surface area (Å²) in [6.45, 7) is 8.39. The third-order valence-electron chi connectivity index (χ3n) is 12.6. The molecule has 0 radical (unpaired) electrons. The monoisotopic (exact) mass is 909 g/mol. The van der Waals surface area contributed by atoms with Crippen molar-refractivity contribution in [1.82, 2.24) is 0 Å². The Morgan fingerprint density at radius 1 is 0.312 bits per heavy atom. The quantitative estimate of drug-likeness (QED) is 0.0361. The lowest BCUT2D eigenvalue weighted by molar-refractivity contribution is -0.161. The van der Waals surface area contributed by atoms with Crippen LogP contribution in [0.15, 0.2) is 0 Å². The van der Waals surface area contributed by atoms with Crippen LogP contribution >= 0.6 is 0 Å². The maximum absolute atomic E-state index is 12.7. The highest BCUT2D eigenvalue weighted by molar-refractivity contribution is 5.71. The van der Waals surface area contributed by atoms with Gasteiger partial charge in [0.15, 0.2) is 6.10 Å². The first-order valence-corrected chi connectivity index (χ1v) is 27.6. The fourth-order valence-corrected chi connectivity index (χ4v) is 8.39. The first kappa shape index (κ1) is 61.8. The van der Waals surface area contributed by atoms with Gasteiger partial charge >= 0.3 is 23.9 Å². The normalized spacial score (nSPS) is 11.9. The summed E-state index contributed by atoms with van der Waals surface area (Å²) >= 11 is 0. The van der Waals surface area contributed by atoms with Gasteiger partial charge in [0.25, 0.3) is 0 Å². The van der Waals surface area contributed by atoms with Crippen molar-refractivity contribution in [2.45, 2.75) is 316 Å². The first-order chi connectivity index (χ1) is 31.3. The molecule has 0 aromatic rings. The summed E-state index contributed by atoms with van der Waals surface area (Å²) in [5.74, 6) is -0.933. The van der Waals surface area contributed by atoms with Gasteiger partial charge in [-0.2, -0.15) is 0 Å². The number of hydrogen-bond donors (Lipinski definition) is 1. The number of rotatable bonds is 50. The van der Waals surface area contributed by atoms with E-state index >= 15 is 0 Å². The van der Waals surface area contributed by atoms with Gasteiger partial charge < -0.3 is 24.1 Å². The van der Waals surface area contributed by atoms with Gasteiger partial charge in [0, 0.05) is 25.7 Å². The van der Waals surface area contributed by atoms with Gasteiger partial charge in [0.1, 0.15) is 18.8 Å². The van der Waals surface area contributed by atoms with Gasteiger partial charge in [-0.15, -0.1) is 0 Å². The summed E-state index contributed by atoms with van der Waals surface area (Å²) in [5, 5.41) is 9.71. The van der Waals surface area contributed by atoms with Gasteiger partial charge in [-0.3, -0.25) is 19.2 Å². The minimum absolute atomic E-state index is 0.0324. The molecule has 9 nitrogen and oxygen atoms in total. The molecular weight excluding hydrogens is 805 g/mol. The number of aliphatic hydroxyl groups excluding tert-OH is 1. The van der Waals surface area contributed by atoms with Gasteiger partial charge in [-0.25, -0.2) is 0 Å². The van der Waals surface area contributed by atoms with Crippen molar-refractivity contribution in [3.8, 4) is 0 Å². The van der Waals surface area contributed by atoms with Crippen LogP contribution in [-0.4, -0.2) is 60.5 Å². The van der Waals surface area contributed by atoms with Crippen LogP contribution < -0.4 is 0 Å². The third-order valence-corrected chi connectivity index (χ3v) is 12.6. The maximum Gasteiger partial charge on any atom is 0.306 e. The molecule has 0 amide bonds. The molecule has 0 fully saturated rings. The highest BCUT2D eigenvalue weighted by atomic mass is 16.6. The van der Waals surface area contributed by atoms with Gasteiger partial charge in [0.05, 0.1) is 6.61 Å². The van der Waals surface area contributed by atoms with Crippen LogP contribution in [0.2, 0.25) is 0 Å². The second-order valence-electron chi connectivity index (χ2n) is 19.0. The fourth-order valence-electron chi connectivity index (χ4n) is 8.39. The van der Waals surface area contributed by atoms with E-state index in [1.165, 1.54) is 128 Å². The third kappa shape index (κ3) is 43.7. The molecule has 0 heterocycles. The molecule has 64 heavy (non-hydrogen) atoms. The van der Waals surface area contributed by atoms with E-state index in [9.17, 15) is 24.3 Å². The number of unbranched alkanes of at least 4 members (excludes halogenated alkanes) is 28. The summed E-state index contributed by atoms with van der Waals surface area (Å²) in [5.41, 5.74) is 0. The number of ether oxygens (including phenoxy) is 4. The number of hydrogen-bond acceptors (Lipinski definition) is 9. The van der Waals surface area contributed by atoms with E-state index in [0.717, 1.165) is 103 Å². The second-order valence-corrected chi connectivity index (χ2v) is 19.0. The zero-order valence-corrected chi connectivity index (χ0v) is 42.6. The van der Waals surface area contributed by atoms with Crippen LogP contribution in [-0.2, 0) is 38.1 Å². The molecule has 0 aliphatic rings. The molecule has 1 N–H and O–H groups in total. The Morgan fingerprint density at radius 3 is 0.828 bits per heavy atom. The maximum atomic E-state index is 12.7. The average molecular weight is 909 g/mol. The molecule has 0 aliphatic heterocycles. The molecule has 0 aromatic carbocycles. The topological polar surface area (TPSA) is 125 Å². The second kappa shape index (κ2) is 48.8. The molecule has 0 bridgehead atoms. The minimum atomic E-state index is -0.871. The highest BCUT2D eigenvalue weighted by Gasteiger charge is 2.18. The van der Waals surface area contributed by atoms with Crippen molar-refractivity contribution >= 4 is 23.9 Å². The van der Waals surface area contributed by atoms with Gasteiger partial charge in [-0.1, -0.05) is 195 Å². The van der Waals surface area contributed by atoms with E-state index in [-0.39, 0.29) is 49.6 Å². The molecule has 0 saturated carbocycles. The molecule has 378 valence electrons. The number of carbonyl (C=O) groups excluding carboxylic acids is 4. The van der Waals surface area contributed by atoms with Crippen LogP contribution in [0.1, 0.15) is 297 Å². The van der Waals surface area contributed by atoms with Gasteiger partial charge in [-0.05, 0) is 77.0 Å². The van der Waals surface area contributed by atoms with Gasteiger partial charge in [0.2, 0.25) is 0 Å². The zero-order valence-electron chi connectivity index (χ0n) is 42.6. The summed E-state index contributed by atoms with van der Waals surface area (Å²) in [6.07, 6.45) is 42.8. The van der Waals surface area contributed by atoms with Crippen LogP contribution in [0.4, 0.5) is 0 Å². The molecule has 0 unspecified atom stereocenters.